The molecular formula is C18H24N2O. The molecule has 1 atom stereocenters. The zero-order valence-corrected chi connectivity index (χ0v) is 13.0. The van der Waals surface area contributed by atoms with Gasteiger partial charge in [-0.1, -0.05) is 30.3 Å². The van der Waals surface area contributed by atoms with E-state index in [4.69, 9.17) is 5.11 Å². The number of benzene rings is 2. The Labute approximate surface area is 127 Å². The van der Waals surface area contributed by atoms with Gasteiger partial charge >= 0.3 is 0 Å². The molecule has 0 aliphatic heterocycles. The van der Waals surface area contributed by atoms with Crippen LogP contribution in [0.15, 0.2) is 48.5 Å². The third-order valence-corrected chi connectivity index (χ3v) is 3.62. The van der Waals surface area contributed by atoms with E-state index in [1.807, 2.05) is 0 Å². The summed E-state index contributed by atoms with van der Waals surface area (Å²) in [7, 11) is 4.13. The molecule has 2 rings (SSSR count). The van der Waals surface area contributed by atoms with Crippen molar-refractivity contribution in [1.82, 2.24) is 0 Å². The topological polar surface area (TPSA) is 35.5 Å². The molecule has 0 bridgehead atoms. The minimum absolute atomic E-state index is 0.194. The second-order valence-corrected chi connectivity index (χ2v) is 5.49. The molecular weight excluding hydrogens is 260 g/mol. The predicted octanol–water partition coefficient (Wildman–Crippen LogP) is 3.46. The summed E-state index contributed by atoms with van der Waals surface area (Å²) in [5.41, 5.74) is 4.76. The van der Waals surface area contributed by atoms with Crippen LogP contribution in [0.1, 0.15) is 24.1 Å². The summed E-state index contributed by atoms with van der Waals surface area (Å²) in [6, 6.07) is 16.9. The quantitative estimate of drug-likeness (QED) is 0.852. The highest BCUT2D eigenvalue weighted by molar-refractivity contribution is 5.56. The lowest BCUT2D eigenvalue weighted by Crippen LogP contribution is -2.15. The van der Waals surface area contributed by atoms with Gasteiger partial charge in [0.25, 0.3) is 0 Å². The molecule has 3 heteroatoms. The lowest BCUT2D eigenvalue weighted by atomic mass is 10.0. The molecule has 0 radical (unpaired) electrons. The van der Waals surface area contributed by atoms with Gasteiger partial charge in [0.2, 0.25) is 0 Å². The van der Waals surface area contributed by atoms with Crippen molar-refractivity contribution < 1.29 is 5.11 Å². The Morgan fingerprint density at radius 1 is 1.05 bits per heavy atom. The van der Waals surface area contributed by atoms with Gasteiger partial charge in [-0.05, 0) is 42.7 Å². The van der Waals surface area contributed by atoms with Crippen LogP contribution in [-0.4, -0.2) is 25.8 Å². The fraction of sp³-hybridized carbons (Fsp3) is 0.333. The summed E-state index contributed by atoms with van der Waals surface area (Å²) in [6.45, 7) is 2.36. The van der Waals surface area contributed by atoms with Crippen LogP contribution in [0.25, 0.3) is 0 Å². The van der Waals surface area contributed by atoms with Gasteiger partial charge in [-0.2, -0.15) is 0 Å². The maximum absolute atomic E-state index is 8.95. The summed E-state index contributed by atoms with van der Waals surface area (Å²) in [5.74, 6) is 0. The molecule has 1 unspecified atom stereocenters. The molecule has 2 N–H and O–H groups in total. The Bertz CT molecular complexity index is 564. The molecule has 0 saturated carbocycles. The molecule has 112 valence electrons. The average molecular weight is 284 g/mol. The fourth-order valence-electron chi connectivity index (χ4n) is 2.49. The van der Waals surface area contributed by atoms with Gasteiger partial charge in [0, 0.05) is 32.1 Å². The molecule has 2 aromatic rings. The van der Waals surface area contributed by atoms with E-state index in [1.54, 1.807) is 0 Å². The van der Waals surface area contributed by atoms with Gasteiger partial charge in [0.05, 0.1) is 6.04 Å². The Hall–Kier alpha value is -2.00. The molecule has 0 spiro atoms. The number of nitrogens with zero attached hydrogens (tertiary/aromatic N) is 1. The van der Waals surface area contributed by atoms with Crippen LogP contribution in [0, 0.1) is 0 Å². The third kappa shape index (κ3) is 3.99. The zero-order valence-electron chi connectivity index (χ0n) is 13.0. The van der Waals surface area contributed by atoms with E-state index >= 15 is 0 Å². The molecule has 0 aromatic heterocycles. The largest absolute Gasteiger partial charge is 0.396 e. The highest BCUT2D eigenvalue weighted by Gasteiger charge is 2.11. The van der Waals surface area contributed by atoms with Crippen molar-refractivity contribution in [3.8, 4) is 0 Å². The second-order valence-electron chi connectivity index (χ2n) is 5.49. The zero-order chi connectivity index (χ0) is 15.2. The van der Waals surface area contributed by atoms with Crippen molar-refractivity contribution in [2.45, 2.75) is 19.4 Å². The van der Waals surface area contributed by atoms with E-state index in [2.05, 4.69) is 79.8 Å². The minimum atomic E-state index is 0.194. The maximum Gasteiger partial charge on any atom is 0.0506 e. The molecule has 0 saturated heterocycles. The number of aliphatic hydroxyl groups is 1. The summed E-state index contributed by atoms with van der Waals surface area (Å²) < 4.78 is 0. The molecule has 2 aromatic carbocycles. The van der Waals surface area contributed by atoms with Crippen LogP contribution in [0.2, 0.25) is 0 Å². The van der Waals surface area contributed by atoms with E-state index in [9.17, 15) is 0 Å². The van der Waals surface area contributed by atoms with E-state index in [0.29, 0.717) is 6.42 Å². The van der Waals surface area contributed by atoms with Crippen molar-refractivity contribution >= 4 is 11.4 Å². The van der Waals surface area contributed by atoms with Crippen molar-refractivity contribution in [1.29, 1.82) is 0 Å². The third-order valence-electron chi connectivity index (χ3n) is 3.62. The first-order chi connectivity index (χ1) is 10.1. The van der Waals surface area contributed by atoms with Gasteiger partial charge < -0.3 is 15.3 Å². The Balaban J connectivity index is 2.12. The maximum atomic E-state index is 8.95. The Morgan fingerprint density at radius 3 is 2.33 bits per heavy atom. The average Bonchev–Trinajstić information content (AvgIpc) is 2.49. The monoisotopic (exact) mass is 284 g/mol. The highest BCUT2D eigenvalue weighted by Crippen LogP contribution is 2.27. The number of hydrogen-bond donors (Lipinski definition) is 2. The normalized spacial score (nSPS) is 12.0. The summed E-state index contributed by atoms with van der Waals surface area (Å²) in [6.07, 6.45) is 0.708. The molecule has 3 nitrogen and oxygen atoms in total. The van der Waals surface area contributed by atoms with Gasteiger partial charge in [0.1, 0.15) is 0 Å². The molecule has 0 heterocycles. The molecule has 0 aliphatic carbocycles. The Kier molecular flexibility index (Phi) is 5.23. The van der Waals surface area contributed by atoms with Crippen LogP contribution >= 0.6 is 0 Å². The summed E-state index contributed by atoms with van der Waals surface area (Å²) >= 11 is 0. The van der Waals surface area contributed by atoms with E-state index < -0.39 is 0 Å². The van der Waals surface area contributed by atoms with Crippen molar-refractivity contribution in [3.63, 3.8) is 0 Å². The van der Waals surface area contributed by atoms with Gasteiger partial charge in [-0.3, -0.25) is 0 Å². The lowest BCUT2D eigenvalue weighted by molar-refractivity contribution is 0.299. The number of aliphatic hydroxyl groups excluding tert-OH is 1. The second kappa shape index (κ2) is 7.14. The molecule has 0 aliphatic rings. The lowest BCUT2D eigenvalue weighted by Gasteiger charge is -2.23. The Morgan fingerprint density at radius 2 is 1.71 bits per heavy atom. The number of rotatable bonds is 6. The van der Waals surface area contributed by atoms with Crippen molar-refractivity contribution in [2.24, 2.45) is 0 Å². The van der Waals surface area contributed by atoms with Crippen LogP contribution in [0.3, 0.4) is 0 Å². The summed E-state index contributed by atoms with van der Waals surface area (Å²) in [5, 5.41) is 12.5. The van der Waals surface area contributed by atoms with Gasteiger partial charge in [-0.15, -0.1) is 0 Å². The number of anilines is 2. The van der Waals surface area contributed by atoms with Gasteiger partial charge in [0.15, 0.2) is 0 Å². The highest BCUT2D eigenvalue weighted by atomic mass is 16.2. The molecule has 21 heavy (non-hydrogen) atoms. The smallest absolute Gasteiger partial charge is 0.0506 e. The molecule has 0 amide bonds. The van der Waals surface area contributed by atoms with Crippen LogP contribution in [-0.2, 0) is 6.42 Å². The van der Waals surface area contributed by atoms with E-state index in [0.717, 1.165) is 11.3 Å². The number of nitrogens with one attached hydrogen (secondary N) is 1. The first-order valence-corrected chi connectivity index (χ1v) is 7.34. The fourth-order valence-corrected chi connectivity index (χ4v) is 2.49. The standard InChI is InChI=1S/C18H24N2O/c1-14(17-6-4-5-7-18(17)20(2)3)19-16-10-8-15(9-11-16)12-13-21/h4-11,14,19,21H,12-13H2,1-3H3. The minimum Gasteiger partial charge on any atom is -0.396 e. The van der Waals surface area contributed by atoms with E-state index in [1.165, 1.54) is 11.3 Å². The molecule has 0 fully saturated rings. The van der Waals surface area contributed by atoms with Crippen LogP contribution in [0.4, 0.5) is 11.4 Å². The SMILES string of the molecule is CC(Nc1ccc(CCO)cc1)c1ccccc1N(C)C. The van der Waals surface area contributed by atoms with Crippen LogP contribution in [0.5, 0.6) is 0 Å². The van der Waals surface area contributed by atoms with Gasteiger partial charge in [-0.25, -0.2) is 0 Å². The predicted molar refractivity (Wildman–Crippen MR) is 90.0 cm³/mol. The van der Waals surface area contributed by atoms with Crippen molar-refractivity contribution in [2.75, 3.05) is 30.9 Å². The first-order valence-electron chi connectivity index (χ1n) is 7.34. The number of hydrogen-bond acceptors (Lipinski definition) is 3. The number of para-hydroxylation sites is 1. The first kappa shape index (κ1) is 15.4. The van der Waals surface area contributed by atoms with E-state index in [-0.39, 0.29) is 12.6 Å². The summed E-state index contributed by atoms with van der Waals surface area (Å²) in [4.78, 5) is 2.14. The van der Waals surface area contributed by atoms with Crippen LogP contribution < -0.4 is 10.2 Å². The van der Waals surface area contributed by atoms with Crippen molar-refractivity contribution in [3.05, 3.63) is 59.7 Å².